The number of rotatable bonds is 8. The highest BCUT2D eigenvalue weighted by Crippen LogP contribution is 2.31. The fraction of sp³-hybridized carbons (Fsp3) is 0.100. The number of hydrogen-bond acceptors (Lipinski definition) is 6. The maximum absolute atomic E-state index is 12.9. The van der Waals surface area contributed by atoms with Crippen LogP contribution in [0.1, 0.15) is 22.8 Å². The lowest BCUT2D eigenvalue weighted by Gasteiger charge is -2.12. The molecule has 0 spiro atoms. The molecule has 0 bridgehead atoms. The van der Waals surface area contributed by atoms with E-state index in [0.29, 0.717) is 34.9 Å². The van der Waals surface area contributed by atoms with E-state index in [9.17, 15) is 14.9 Å². The Kier molecular flexibility index (Phi) is 7.82. The topological polar surface area (TPSA) is 97.6 Å². The van der Waals surface area contributed by atoms with Crippen LogP contribution in [0.25, 0.3) is 16.8 Å². The van der Waals surface area contributed by atoms with Crippen molar-refractivity contribution in [2.24, 2.45) is 0 Å². The Hall–Kier alpha value is -5.09. The van der Waals surface area contributed by atoms with Crippen molar-refractivity contribution in [3.63, 3.8) is 0 Å². The van der Waals surface area contributed by atoms with Gasteiger partial charge in [0.15, 0.2) is 11.5 Å². The lowest BCUT2D eigenvalue weighted by Crippen LogP contribution is -2.13. The highest BCUT2D eigenvalue weighted by atomic mass is 16.6. The summed E-state index contributed by atoms with van der Waals surface area (Å²) in [6.45, 7) is 2.13. The first-order valence-electron chi connectivity index (χ1n) is 11.6. The molecule has 184 valence electrons. The summed E-state index contributed by atoms with van der Waals surface area (Å²) in [7, 11) is 1.54. The number of amides is 1. The van der Waals surface area contributed by atoms with Gasteiger partial charge in [-0.2, -0.15) is 5.26 Å². The Morgan fingerprint density at radius 1 is 0.946 bits per heavy atom. The Morgan fingerprint density at radius 2 is 1.70 bits per heavy atom. The van der Waals surface area contributed by atoms with Gasteiger partial charge < -0.3 is 19.5 Å². The van der Waals surface area contributed by atoms with E-state index in [1.54, 1.807) is 62.6 Å². The average molecular weight is 493 g/mol. The number of nitrogens with zero attached hydrogens (tertiary/aromatic N) is 1. The Morgan fingerprint density at radius 3 is 2.43 bits per heavy atom. The standard InChI is InChI=1S/C30H24N2O5/c1-3-36-28-18-20(11-16-27(28)37-30(34)22-12-14-24(35-2)15-13-22)17-23(19-31)29(33)32-26-10-6-8-21-7-4-5-9-25(21)26/h4-18H,3H2,1-2H3,(H,32,33)/b23-17+. The smallest absolute Gasteiger partial charge is 0.343 e. The summed E-state index contributed by atoms with van der Waals surface area (Å²) < 4.78 is 16.3. The number of ether oxygens (including phenoxy) is 3. The van der Waals surface area contributed by atoms with Crippen molar-refractivity contribution in [3.05, 3.63) is 102 Å². The average Bonchev–Trinajstić information content (AvgIpc) is 2.93. The van der Waals surface area contributed by atoms with Crippen molar-refractivity contribution < 1.29 is 23.8 Å². The zero-order valence-electron chi connectivity index (χ0n) is 20.4. The van der Waals surface area contributed by atoms with Gasteiger partial charge in [0.1, 0.15) is 17.4 Å². The maximum Gasteiger partial charge on any atom is 0.343 e. The highest BCUT2D eigenvalue weighted by molar-refractivity contribution is 6.13. The molecule has 37 heavy (non-hydrogen) atoms. The van der Waals surface area contributed by atoms with E-state index in [4.69, 9.17) is 14.2 Å². The number of hydrogen-bond donors (Lipinski definition) is 1. The van der Waals surface area contributed by atoms with Crippen LogP contribution in [0.15, 0.2) is 90.5 Å². The summed E-state index contributed by atoms with van der Waals surface area (Å²) >= 11 is 0. The molecule has 4 aromatic rings. The molecule has 0 fully saturated rings. The van der Waals surface area contributed by atoms with Crippen LogP contribution >= 0.6 is 0 Å². The highest BCUT2D eigenvalue weighted by Gasteiger charge is 2.15. The molecule has 7 nitrogen and oxygen atoms in total. The van der Waals surface area contributed by atoms with Gasteiger partial charge in [0.2, 0.25) is 0 Å². The summed E-state index contributed by atoms with van der Waals surface area (Å²) in [5.41, 5.74) is 1.42. The third-order valence-electron chi connectivity index (χ3n) is 5.51. The molecule has 0 atom stereocenters. The fourth-order valence-corrected chi connectivity index (χ4v) is 3.69. The molecule has 0 aromatic heterocycles. The SMILES string of the molecule is CCOc1cc(/C=C(\C#N)C(=O)Nc2cccc3ccccc23)ccc1OC(=O)c1ccc(OC)cc1. The van der Waals surface area contributed by atoms with Crippen molar-refractivity contribution in [2.45, 2.75) is 6.92 Å². The number of nitriles is 1. The van der Waals surface area contributed by atoms with Gasteiger partial charge in [0, 0.05) is 11.1 Å². The molecule has 0 heterocycles. The molecule has 0 radical (unpaired) electrons. The first kappa shape index (κ1) is 25.0. The van der Waals surface area contributed by atoms with Crippen LogP contribution < -0.4 is 19.5 Å². The number of carbonyl (C=O) groups is 2. The second kappa shape index (κ2) is 11.6. The van der Waals surface area contributed by atoms with Gasteiger partial charge in [-0.3, -0.25) is 4.79 Å². The summed E-state index contributed by atoms with van der Waals surface area (Å²) in [5.74, 6) is 0.0646. The van der Waals surface area contributed by atoms with Crippen LogP contribution in [0.5, 0.6) is 17.2 Å². The molecule has 4 aromatic carbocycles. The van der Waals surface area contributed by atoms with Crippen LogP contribution in [-0.2, 0) is 4.79 Å². The van der Waals surface area contributed by atoms with Crippen LogP contribution in [-0.4, -0.2) is 25.6 Å². The number of esters is 1. The summed E-state index contributed by atoms with van der Waals surface area (Å²) in [6, 6.07) is 26.6. The number of nitrogens with one attached hydrogen (secondary N) is 1. The van der Waals surface area contributed by atoms with Gasteiger partial charge in [-0.15, -0.1) is 0 Å². The van der Waals surface area contributed by atoms with E-state index in [-0.39, 0.29) is 11.3 Å². The first-order chi connectivity index (χ1) is 18.0. The van der Waals surface area contributed by atoms with Crippen molar-refractivity contribution in [1.82, 2.24) is 0 Å². The van der Waals surface area contributed by atoms with E-state index in [1.807, 2.05) is 42.5 Å². The van der Waals surface area contributed by atoms with E-state index < -0.39 is 11.9 Å². The zero-order valence-corrected chi connectivity index (χ0v) is 20.4. The Bertz CT molecular complexity index is 1510. The van der Waals surface area contributed by atoms with Crippen molar-refractivity contribution in [3.8, 4) is 23.3 Å². The third kappa shape index (κ3) is 5.95. The molecule has 0 saturated carbocycles. The second-order valence-electron chi connectivity index (χ2n) is 7.91. The molecule has 7 heteroatoms. The van der Waals surface area contributed by atoms with Gasteiger partial charge in [-0.05, 0) is 66.4 Å². The molecule has 0 aliphatic heterocycles. The minimum Gasteiger partial charge on any atom is -0.497 e. The van der Waals surface area contributed by atoms with E-state index in [2.05, 4.69) is 5.32 Å². The number of fused-ring (bicyclic) bond motifs is 1. The van der Waals surface area contributed by atoms with Crippen LogP contribution in [0, 0.1) is 11.3 Å². The molecule has 1 amide bonds. The minimum absolute atomic E-state index is 0.0849. The van der Waals surface area contributed by atoms with Gasteiger partial charge >= 0.3 is 5.97 Å². The molecule has 1 N–H and O–H groups in total. The van der Waals surface area contributed by atoms with Crippen LogP contribution in [0.2, 0.25) is 0 Å². The van der Waals surface area contributed by atoms with Crippen molar-refractivity contribution in [2.75, 3.05) is 19.0 Å². The van der Waals surface area contributed by atoms with Gasteiger partial charge in [0.25, 0.3) is 5.91 Å². The summed E-state index contributed by atoms with van der Waals surface area (Å²) in [4.78, 5) is 25.5. The van der Waals surface area contributed by atoms with Crippen molar-refractivity contribution >= 4 is 34.4 Å². The van der Waals surface area contributed by atoms with Gasteiger partial charge in [-0.25, -0.2) is 4.79 Å². The third-order valence-corrected chi connectivity index (χ3v) is 5.51. The number of anilines is 1. The number of carbonyl (C=O) groups excluding carboxylic acids is 2. The molecular formula is C30H24N2O5. The molecule has 0 aliphatic rings. The lowest BCUT2D eigenvalue weighted by atomic mass is 10.1. The predicted octanol–water partition coefficient (Wildman–Crippen LogP) is 6.01. The monoisotopic (exact) mass is 492 g/mol. The maximum atomic E-state index is 12.9. The van der Waals surface area contributed by atoms with E-state index in [0.717, 1.165) is 10.8 Å². The molecular weight excluding hydrogens is 468 g/mol. The van der Waals surface area contributed by atoms with Crippen LogP contribution in [0.4, 0.5) is 5.69 Å². The molecule has 0 aliphatic carbocycles. The fourth-order valence-electron chi connectivity index (χ4n) is 3.69. The molecule has 4 rings (SSSR count). The zero-order chi connectivity index (χ0) is 26.2. The minimum atomic E-state index is -0.556. The predicted molar refractivity (Wildman–Crippen MR) is 142 cm³/mol. The normalized spacial score (nSPS) is 10.9. The molecule has 0 saturated heterocycles. The quantitative estimate of drug-likeness (QED) is 0.140. The first-order valence-corrected chi connectivity index (χ1v) is 11.6. The van der Waals surface area contributed by atoms with Crippen molar-refractivity contribution in [1.29, 1.82) is 5.26 Å². The Labute approximate surface area is 214 Å². The summed E-state index contributed by atoms with van der Waals surface area (Å²) in [5, 5.41) is 14.3. The second-order valence-corrected chi connectivity index (χ2v) is 7.91. The largest absolute Gasteiger partial charge is 0.497 e. The number of benzene rings is 4. The van der Waals surface area contributed by atoms with E-state index >= 15 is 0 Å². The Balaban J connectivity index is 1.56. The summed E-state index contributed by atoms with van der Waals surface area (Å²) in [6.07, 6.45) is 1.46. The molecule has 0 unspecified atom stereocenters. The van der Waals surface area contributed by atoms with Gasteiger partial charge in [0.05, 0.1) is 19.3 Å². The van der Waals surface area contributed by atoms with E-state index in [1.165, 1.54) is 6.08 Å². The van der Waals surface area contributed by atoms with Crippen LogP contribution in [0.3, 0.4) is 0 Å². The number of methoxy groups -OCH3 is 1. The van der Waals surface area contributed by atoms with Gasteiger partial charge in [-0.1, -0.05) is 42.5 Å². The lowest BCUT2D eigenvalue weighted by molar-refractivity contribution is -0.112.